The molecule has 1 aliphatic carbocycles. The lowest BCUT2D eigenvalue weighted by Crippen LogP contribution is -2.36. The van der Waals surface area contributed by atoms with E-state index in [-0.39, 0.29) is 18.4 Å². The van der Waals surface area contributed by atoms with Crippen LogP contribution < -0.4 is 0 Å². The van der Waals surface area contributed by atoms with Crippen molar-refractivity contribution in [3.63, 3.8) is 0 Å². The molecule has 0 spiro atoms. The number of ether oxygens (including phenoxy) is 2. The summed E-state index contributed by atoms with van der Waals surface area (Å²) >= 11 is 0. The first kappa shape index (κ1) is 20.1. The number of aliphatic hydroxyl groups is 2. The third-order valence-corrected chi connectivity index (χ3v) is 5.01. The monoisotopic (exact) mass is 362 g/mol. The van der Waals surface area contributed by atoms with Gasteiger partial charge in [-0.3, -0.25) is 0 Å². The van der Waals surface area contributed by atoms with Crippen LogP contribution in [0.2, 0.25) is 0 Å². The third kappa shape index (κ3) is 4.14. The molecule has 0 aromatic heterocycles. The van der Waals surface area contributed by atoms with Crippen LogP contribution in [0, 0.1) is 5.92 Å². The van der Waals surface area contributed by atoms with Crippen molar-refractivity contribution in [1.29, 1.82) is 0 Å². The summed E-state index contributed by atoms with van der Waals surface area (Å²) in [5, 5.41) is 20.5. The summed E-state index contributed by atoms with van der Waals surface area (Å²) in [5.41, 5.74) is 1.61. The Labute approximate surface area is 153 Å². The topological polar surface area (TPSA) is 93.1 Å². The standard InChI is InChI=1S/C20H26O6/c1-6-10(2)19(23)25-16-7-11(3)14(21)9-15(22)12(4)8-17-18(16)13(5)20(24)26-17/h6,8,14-18,21-22H,3,5,7,9H2,1-2,4H3/b10-6+,12-8?. The molecule has 0 radical (unpaired) electrons. The summed E-state index contributed by atoms with van der Waals surface area (Å²) < 4.78 is 11.0. The fourth-order valence-corrected chi connectivity index (χ4v) is 3.10. The first-order valence-corrected chi connectivity index (χ1v) is 8.61. The molecule has 2 aliphatic rings. The molecular formula is C20H26O6. The molecule has 2 N–H and O–H groups in total. The highest BCUT2D eigenvalue weighted by atomic mass is 16.6. The summed E-state index contributed by atoms with van der Waals surface area (Å²) in [5.74, 6) is -1.68. The molecule has 0 aromatic rings. The van der Waals surface area contributed by atoms with Crippen molar-refractivity contribution in [3.8, 4) is 0 Å². The van der Waals surface area contributed by atoms with E-state index in [1.54, 1.807) is 32.9 Å². The van der Waals surface area contributed by atoms with E-state index in [1.165, 1.54) is 0 Å². The van der Waals surface area contributed by atoms with Gasteiger partial charge < -0.3 is 19.7 Å². The Bertz CT molecular complexity index is 686. The minimum Gasteiger partial charge on any atom is -0.458 e. The molecule has 26 heavy (non-hydrogen) atoms. The number of allylic oxidation sites excluding steroid dienone is 1. The largest absolute Gasteiger partial charge is 0.458 e. The Morgan fingerprint density at radius 2 is 2.00 bits per heavy atom. The van der Waals surface area contributed by atoms with Gasteiger partial charge >= 0.3 is 11.9 Å². The van der Waals surface area contributed by atoms with Gasteiger partial charge in [0.15, 0.2) is 0 Å². The quantitative estimate of drug-likeness (QED) is 0.443. The maximum atomic E-state index is 12.3. The second kappa shape index (κ2) is 8.01. The van der Waals surface area contributed by atoms with Crippen molar-refractivity contribution in [2.45, 2.75) is 58.0 Å². The van der Waals surface area contributed by atoms with Crippen LogP contribution in [0.5, 0.6) is 0 Å². The molecular weight excluding hydrogens is 336 g/mol. The minimum absolute atomic E-state index is 0.0714. The highest BCUT2D eigenvalue weighted by Gasteiger charge is 2.45. The zero-order chi connectivity index (χ0) is 19.6. The number of rotatable bonds is 2. The van der Waals surface area contributed by atoms with E-state index in [1.807, 2.05) is 0 Å². The average molecular weight is 362 g/mol. The number of hydrogen-bond acceptors (Lipinski definition) is 6. The van der Waals surface area contributed by atoms with Gasteiger partial charge in [-0.05, 0) is 38.0 Å². The smallest absolute Gasteiger partial charge is 0.334 e. The van der Waals surface area contributed by atoms with Crippen molar-refractivity contribution in [1.82, 2.24) is 0 Å². The van der Waals surface area contributed by atoms with Gasteiger partial charge in [0.1, 0.15) is 12.2 Å². The molecule has 2 rings (SSSR count). The highest BCUT2D eigenvalue weighted by Crippen LogP contribution is 2.37. The first-order chi connectivity index (χ1) is 12.1. The summed E-state index contributed by atoms with van der Waals surface area (Å²) in [6, 6.07) is 0. The third-order valence-electron chi connectivity index (χ3n) is 5.01. The van der Waals surface area contributed by atoms with Crippen molar-refractivity contribution in [3.05, 3.63) is 47.6 Å². The summed E-state index contributed by atoms with van der Waals surface area (Å²) in [6.07, 6.45) is 0.173. The molecule has 6 heteroatoms. The maximum Gasteiger partial charge on any atom is 0.334 e. The van der Waals surface area contributed by atoms with Gasteiger partial charge in [-0.15, -0.1) is 0 Å². The van der Waals surface area contributed by atoms with Gasteiger partial charge in [0.25, 0.3) is 0 Å². The predicted molar refractivity (Wildman–Crippen MR) is 96.0 cm³/mol. The molecule has 142 valence electrons. The van der Waals surface area contributed by atoms with E-state index in [4.69, 9.17) is 9.47 Å². The number of esters is 2. The van der Waals surface area contributed by atoms with E-state index in [0.717, 1.165) is 0 Å². The zero-order valence-electron chi connectivity index (χ0n) is 15.4. The van der Waals surface area contributed by atoms with E-state index < -0.39 is 42.3 Å². The van der Waals surface area contributed by atoms with Gasteiger partial charge in [0.2, 0.25) is 0 Å². The first-order valence-electron chi connectivity index (χ1n) is 8.61. The molecule has 5 unspecified atom stereocenters. The predicted octanol–water partition coefficient (Wildman–Crippen LogP) is 1.98. The van der Waals surface area contributed by atoms with E-state index in [9.17, 15) is 19.8 Å². The van der Waals surface area contributed by atoms with Crippen molar-refractivity contribution >= 4 is 11.9 Å². The fraction of sp³-hybridized carbons (Fsp3) is 0.500. The lowest BCUT2D eigenvalue weighted by atomic mass is 9.83. The van der Waals surface area contributed by atoms with Crippen LogP contribution in [-0.2, 0) is 19.1 Å². The van der Waals surface area contributed by atoms with E-state index in [2.05, 4.69) is 13.2 Å². The average Bonchev–Trinajstić information content (AvgIpc) is 2.86. The molecule has 0 aromatic carbocycles. The number of aliphatic hydroxyl groups excluding tert-OH is 2. The van der Waals surface area contributed by atoms with Crippen molar-refractivity contribution < 1.29 is 29.3 Å². The van der Waals surface area contributed by atoms with Crippen LogP contribution in [0.4, 0.5) is 0 Å². The second-order valence-corrected chi connectivity index (χ2v) is 6.88. The minimum atomic E-state index is -0.958. The number of carbonyl (C=O) groups is 2. The van der Waals surface area contributed by atoms with Gasteiger partial charge in [-0.25, -0.2) is 9.59 Å². The van der Waals surface area contributed by atoms with Crippen LogP contribution in [0.25, 0.3) is 0 Å². The van der Waals surface area contributed by atoms with E-state index in [0.29, 0.717) is 16.7 Å². The Kier molecular flexibility index (Phi) is 6.21. The molecule has 0 saturated carbocycles. The molecule has 0 amide bonds. The SMILES string of the molecule is C=C1CC(OC(=O)/C(C)=C/C)C2C(=C)C(=O)OC2C=C(C)C(O)CC1O. The lowest BCUT2D eigenvalue weighted by molar-refractivity contribution is -0.147. The Morgan fingerprint density at radius 3 is 2.62 bits per heavy atom. The van der Waals surface area contributed by atoms with Gasteiger partial charge in [-0.2, -0.15) is 0 Å². The molecule has 1 heterocycles. The second-order valence-electron chi connectivity index (χ2n) is 6.88. The number of hydrogen-bond donors (Lipinski definition) is 2. The van der Waals surface area contributed by atoms with E-state index >= 15 is 0 Å². The highest BCUT2D eigenvalue weighted by molar-refractivity contribution is 5.92. The van der Waals surface area contributed by atoms with Crippen LogP contribution in [-0.4, -0.2) is 46.6 Å². The summed E-state index contributed by atoms with van der Waals surface area (Å²) in [7, 11) is 0. The maximum absolute atomic E-state index is 12.3. The lowest BCUT2D eigenvalue weighted by Gasteiger charge is -2.30. The Hall–Kier alpha value is -2.18. The van der Waals surface area contributed by atoms with Crippen LogP contribution in [0.1, 0.15) is 33.6 Å². The van der Waals surface area contributed by atoms with Crippen LogP contribution >= 0.6 is 0 Å². The number of fused-ring (bicyclic) bond motifs is 1. The fourth-order valence-electron chi connectivity index (χ4n) is 3.10. The summed E-state index contributed by atoms with van der Waals surface area (Å²) in [6.45, 7) is 12.7. The molecule has 1 fully saturated rings. The van der Waals surface area contributed by atoms with Crippen molar-refractivity contribution in [2.75, 3.05) is 0 Å². The van der Waals surface area contributed by atoms with Crippen molar-refractivity contribution in [2.24, 2.45) is 5.92 Å². The Morgan fingerprint density at radius 1 is 1.35 bits per heavy atom. The van der Waals surface area contributed by atoms with Crippen LogP contribution in [0.15, 0.2) is 47.6 Å². The molecule has 5 atom stereocenters. The summed E-state index contributed by atoms with van der Waals surface area (Å²) in [4.78, 5) is 24.3. The molecule has 1 aliphatic heterocycles. The van der Waals surface area contributed by atoms with Gasteiger partial charge in [0.05, 0.1) is 18.1 Å². The van der Waals surface area contributed by atoms with Crippen LogP contribution in [0.3, 0.4) is 0 Å². The molecule has 6 nitrogen and oxygen atoms in total. The number of carbonyl (C=O) groups excluding carboxylic acids is 2. The van der Waals surface area contributed by atoms with Gasteiger partial charge in [-0.1, -0.05) is 19.2 Å². The normalized spacial score (nSPS) is 33.3. The van der Waals surface area contributed by atoms with Gasteiger partial charge in [0, 0.05) is 24.0 Å². The Balaban J connectivity index is 2.45. The molecule has 1 saturated heterocycles. The molecule has 0 bridgehead atoms. The zero-order valence-corrected chi connectivity index (χ0v) is 15.4.